The quantitative estimate of drug-likeness (QED) is 0.612. The van der Waals surface area contributed by atoms with E-state index in [2.05, 4.69) is 20.4 Å². The summed E-state index contributed by atoms with van der Waals surface area (Å²) in [5, 5.41) is 7.41. The molecule has 0 saturated carbocycles. The molecular formula is C17H10F3N5. The summed E-state index contributed by atoms with van der Waals surface area (Å²) in [6, 6.07) is 8.94. The smallest absolute Gasteiger partial charge is 0.168 e. The van der Waals surface area contributed by atoms with Crippen LogP contribution in [0.25, 0.3) is 16.7 Å². The standard InChI is InChI=1S/C17H10F3N5/c18-10-2-1-3-12(6-10)25-17-13(8-23-25)16(21-9-22-17)24-15-7-11(19)4-5-14(15)20/h1-9H,(H,21,22,24). The molecule has 0 radical (unpaired) electrons. The molecule has 4 aromatic rings. The van der Waals surface area contributed by atoms with Crippen molar-refractivity contribution in [3.8, 4) is 5.69 Å². The van der Waals surface area contributed by atoms with E-state index in [9.17, 15) is 13.2 Å². The van der Waals surface area contributed by atoms with Crippen LogP contribution in [-0.4, -0.2) is 19.7 Å². The predicted octanol–water partition coefficient (Wildman–Crippen LogP) is 3.98. The highest BCUT2D eigenvalue weighted by Gasteiger charge is 2.13. The van der Waals surface area contributed by atoms with Gasteiger partial charge < -0.3 is 5.32 Å². The van der Waals surface area contributed by atoms with Crippen LogP contribution >= 0.6 is 0 Å². The monoisotopic (exact) mass is 341 g/mol. The number of rotatable bonds is 3. The molecule has 0 fully saturated rings. The minimum atomic E-state index is -0.620. The van der Waals surface area contributed by atoms with Gasteiger partial charge in [-0.05, 0) is 30.3 Å². The molecule has 0 atom stereocenters. The van der Waals surface area contributed by atoms with Crippen LogP contribution in [0.2, 0.25) is 0 Å². The summed E-state index contributed by atoms with van der Waals surface area (Å²) in [5.74, 6) is -1.34. The normalized spacial score (nSPS) is 11.0. The van der Waals surface area contributed by atoms with Gasteiger partial charge in [-0.2, -0.15) is 5.10 Å². The van der Waals surface area contributed by atoms with Crippen LogP contribution in [0, 0.1) is 17.5 Å². The van der Waals surface area contributed by atoms with Crippen molar-refractivity contribution >= 4 is 22.5 Å². The fourth-order valence-electron chi connectivity index (χ4n) is 2.46. The van der Waals surface area contributed by atoms with Crippen molar-refractivity contribution in [2.24, 2.45) is 0 Å². The highest BCUT2D eigenvalue weighted by Crippen LogP contribution is 2.26. The summed E-state index contributed by atoms with van der Waals surface area (Å²) < 4.78 is 42.1. The molecule has 0 saturated heterocycles. The number of nitrogens with one attached hydrogen (secondary N) is 1. The number of nitrogens with zero attached hydrogens (tertiary/aromatic N) is 4. The van der Waals surface area contributed by atoms with E-state index < -0.39 is 17.5 Å². The van der Waals surface area contributed by atoms with Gasteiger partial charge in [-0.25, -0.2) is 27.8 Å². The van der Waals surface area contributed by atoms with Gasteiger partial charge in [0, 0.05) is 6.07 Å². The van der Waals surface area contributed by atoms with Crippen LogP contribution in [-0.2, 0) is 0 Å². The highest BCUT2D eigenvalue weighted by molar-refractivity contribution is 5.89. The lowest BCUT2D eigenvalue weighted by atomic mass is 10.3. The molecule has 124 valence electrons. The van der Waals surface area contributed by atoms with Crippen LogP contribution in [0.5, 0.6) is 0 Å². The summed E-state index contributed by atoms with van der Waals surface area (Å²) in [6.07, 6.45) is 2.74. The first-order valence-corrected chi connectivity index (χ1v) is 7.28. The van der Waals surface area contributed by atoms with Crippen LogP contribution in [0.3, 0.4) is 0 Å². The zero-order valence-electron chi connectivity index (χ0n) is 12.6. The molecule has 0 spiro atoms. The molecule has 5 nitrogen and oxygen atoms in total. The fraction of sp³-hybridized carbons (Fsp3) is 0. The van der Waals surface area contributed by atoms with E-state index in [0.29, 0.717) is 16.7 Å². The van der Waals surface area contributed by atoms with Crippen LogP contribution < -0.4 is 5.32 Å². The Morgan fingerprint density at radius 2 is 1.76 bits per heavy atom. The average molecular weight is 341 g/mol. The van der Waals surface area contributed by atoms with Crippen LogP contribution in [0.15, 0.2) is 55.0 Å². The van der Waals surface area contributed by atoms with Gasteiger partial charge in [0.1, 0.15) is 29.6 Å². The van der Waals surface area contributed by atoms with E-state index >= 15 is 0 Å². The van der Waals surface area contributed by atoms with Gasteiger partial charge in [-0.3, -0.25) is 0 Å². The third-order valence-corrected chi connectivity index (χ3v) is 3.60. The third kappa shape index (κ3) is 2.78. The van der Waals surface area contributed by atoms with E-state index in [4.69, 9.17) is 0 Å². The Labute approximate surface area is 139 Å². The second-order valence-corrected chi connectivity index (χ2v) is 5.24. The van der Waals surface area contributed by atoms with Gasteiger partial charge in [0.2, 0.25) is 0 Å². The Kier molecular flexibility index (Phi) is 3.57. The van der Waals surface area contributed by atoms with Gasteiger partial charge in [-0.15, -0.1) is 0 Å². The summed E-state index contributed by atoms with van der Waals surface area (Å²) in [4.78, 5) is 8.21. The van der Waals surface area contributed by atoms with E-state index in [1.807, 2.05) is 0 Å². The van der Waals surface area contributed by atoms with Gasteiger partial charge in [0.15, 0.2) is 5.65 Å². The number of anilines is 2. The van der Waals surface area contributed by atoms with Crippen molar-refractivity contribution in [1.82, 2.24) is 19.7 Å². The lowest BCUT2D eigenvalue weighted by molar-refractivity contribution is 0.603. The SMILES string of the molecule is Fc1cccc(-n2ncc3c(Nc4cc(F)ccc4F)ncnc32)c1. The number of fused-ring (bicyclic) bond motifs is 1. The lowest BCUT2D eigenvalue weighted by Gasteiger charge is -2.08. The molecule has 0 aliphatic carbocycles. The van der Waals surface area contributed by atoms with Crippen molar-refractivity contribution < 1.29 is 13.2 Å². The predicted molar refractivity (Wildman–Crippen MR) is 86.3 cm³/mol. The van der Waals surface area contributed by atoms with E-state index in [0.717, 1.165) is 18.2 Å². The maximum absolute atomic E-state index is 13.8. The molecule has 2 heterocycles. The molecule has 4 rings (SSSR count). The summed E-state index contributed by atoms with van der Waals surface area (Å²) >= 11 is 0. The lowest BCUT2D eigenvalue weighted by Crippen LogP contribution is -2.01. The summed E-state index contributed by atoms with van der Waals surface area (Å²) in [6.45, 7) is 0. The molecule has 0 aliphatic rings. The minimum absolute atomic E-state index is 0.0569. The largest absolute Gasteiger partial charge is 0.337 e. The fourth-order valence-corrected chi connectivity index (χ4v) is 2.46. The number of halogens is 3. The van der Waals surface area contributed by atoms with Gasteiger partial charge in [0.05, 0.1) is 23.0 Å². The zero-order chi connectivity index (χ0) is 17.4. The number of hydrogen-bond acceptors (Lipinski definition) is 4. The molecule has 0 amide bonds. The molecular weight excluding hydrogens is 331 g/mol. The van der Waals surface area contributed by atoms with Gasteiger partial charge in [0.25, 0.3) is 0 Å². The Morgan fingerprint density at radius 1 is 0.920 bits per heavy atom. The van der Waals surface area contributed by atoms with Gasteiger partial charge >= 0.3 is 0 Å². The molecule has 8 heteroatoms. The summed E-state index contributed by atoms with van der Waals surface area (Å²) in [5.41, 5.74) is 0.829. The Hall–Kier alpha value is -3.42. The molecule has 2 aromatic carbocycles. The molecule has 2 aromatic heterocycles. The number of aromatic nitrogens is 4. The topological polar surface area (TPSA) is 55.6 Å². The Bertz CT molecular complexity index is 1080. The van der Waals surface area contributed by atoms with Crippen LogP contribution in [0.1, 0.15) is 0 Å². The molecule has 0 bridgehead atoms. The van der Waals surface area contributed by atoms with E-state index in [1.165, 1.54) is 29.3 Å². The second kappa shape index (κ2) is 5.90. The Morgan fingerprint density at radius 3 is 2.60 bits per heavy atom. The third-order valence-electron chi connectivity index (χ3n) is 3.60. The van der Waals surface area contributed by atoms with E-state index in [-0.39, 0.29) is 11.5 Å². The number of benzene rings is 2. The first-order chi connectivity index (χ1) is 12.1. The average Bonchev–Trinajstić information content (AvgIpc) is 3.03. The zero-order valence-corrected chi connectivity index (χ0v) is 12.6. The van der Waals surface area contributed by atoms with E-state index in [1.54, 1.807) is 12.1 Å². The highest BCUT2D eigenvalue weighted by atomic mass is 19.1. The maximum atomic E-state index is 13.8. The van der Waals surface area contributed by atoms with Crippen molar-refractivity contribution in [2.75, 3.05) is 5.32 Å². The second-order valence-electron chi connectivity index (χ2n) is 5.24. The molecule has 1 N–H and O–H groups in total. The first kappa shape index (κ1) is 15.1. The minimum Gasteiger partial charge on any atom is -0.337 e. The summed E-state index contributed by atoms with van der Waals surface area (Å²) in [7, 11) is 0. The van der Waals surface area contributed by atoms with Crippen molar-refractivity contribution in [2.45, 2.75) is 0 Å². The van der Waals surface area contributed by atoms with Crippen molar-refractivity contribution in [1.29, 1.82) is 0 Å². The van der Waals surface area contributed by atoms with Crippen molar-refractivity contribution in [3.63, 3.8) is 0 Å². The molecule has 0 unspecified atom stereocenters. The maximum Gasteiger partial charge on any atom is 0.168 e. The first-order valence-electron chi connectivity index (χ1n) is 7.28. The molecule has 25 heavy (non-hydrogen) atoms. The Balaban J connectivity index is 1.80. The van der Waals surface area contributed by atoms with Gasteiger partial charge in [-0.1, -0.05) is 6.07 Å². The van der Waals surface area contributed by atoms with Crippen molar-refractivity contribution in [3.05, 3.63) is 72.4 Å². The van der Waals surface area contributed by atoms with Crippen LogP contribution in [0.4, 0.5) is 24.7 Å². The molecule has 0 aliphatic heterocycles. The number of hydrogen-bond donors (Lipinski definition) is 1.